The summed E-state index contributed by atoms with van der Waals surface area (Å²) in [4.78, 5) is 47.2. The fourth-order valence-electron chi connectivity index (χ4n) is 4.10. The number of hydrogen-bond acceptors (Lipinski definition) is 7. The Hall–Kier alpha value is -4.50. The maximum atomic E-state index is 12.8. The topological polar surface area (TPSA) is 114 Å². The van der Waals surface area contributed by atoms with E-state index in [0.717, 1.165) is 16.3 Å². The van der Waals surface area contributed by atoms with Crippen LogP contribution in [0.5, 0.6) is 5.75 Å². The first kappa shape index (κ1) is 28.5. The molecule has 40 heavy (non-hydrogen) atoms. The summed E-state index contributed by atoms with van der Waals surface area (Å²) in [5.74, 6) is -0.415. The maximum Gasteiger partial charge on any atom is 0.308 e. The maximum absolute atomic E-state index is 12.8. The number of anilines is 2. The summed E-state index contributed by atoms with van der Waals surface area (Å²) in [5, 5.41) is 7.76. The number of halogens is 1. The molecule has 10 heteroatoms. The number of nitrogens with zero attached hydrogens (tertiary/aromatic N) is 3. The number of carbonyl (C=O) groups excluding carboxylic acids is 3. The van der Waals surface area contributed by atoms with Gasteiger partial charge in [0.05, 0.1) is 6.54 Å². The number of carbonyl (C=O) groups is 3. The molecule has 1 heterocycles. The minimum Gasteiger partial charge on any atom is -0.419 e. The Morgan fingerprint density at radius 3 is 2.35 bits per heavy atom. The van der Waals surface area contributed by atoms with Gasteiger partial charge in [0.1, 0.15) is 5.82 Å². The lowest BCUT2D eigenvalue weighted by molar-refractivity contribution is -0.131. The van der Waals surface area contributed by atoms with Gasteiger partial charge in [-0.15, -0.1) is 0 Å². The minimum atomic E-state index is -0.583. The van der Waals surface area contributed by atoms with E-state index in [1.807, 2.05) is 62.4 Å². The molecule has 0 unspecified atom stereocenters. The number of hydrogen-bond donors (Lipinski definition) is 2. The Morgan fingerprint density at radius 2 is 1.68 bits per heavy atom. The number of fused-ring (bicyclic) bond motifs is 1. The van der Waals surface area contributed by atoms with E-state index in [9.17, 15) is 14.4 Å². The zero-order valence-corrected chi connectivity index (χ0v) is 23.5. The molecule has 2 amide bonds. The first-order valence-electron chi connectivity index (χ1n) is 12.7. The van der Waals surface area contributed by atoms with Crippen LogP contribution < -0.4 is 20.3 Å². The average molecular weight is 560 g/mol. The lowest BCUT2D eigenvalue weighted by Crippen LogP contribution is -2.39. The molecule has 0 spiro atoms. The molecule has 4 rings (SSSR count). The molecule has 0 radical (unpaired) electrons. The molecule has 0 atom stereocenters. The second kappa shape index (κ2) is 12.6. The van der Waals surface area contributed by atoms with E-state index in [2.05, 4.69) is 20.6 Å². The Kier molecular flexibility index (Phi) is 8.96. The third-order valence-electron chi connectivity index (χ3n) is 5.88. The van der Waals surface area contributed by atoms with Gasteiger partial charge in [0.2, 0.25) is 11.7 Å². The molecule has 0 saturated carbocycles. The smallest absolute Gasteiger partial charge is 0.308 e. The van der Waals surface area contributed by atoms with Gasteiger partial charge in [-0.2, -0.15) is 0 Å². The molecule has 3 aromatic carbocycles. The van der Waals surface area contributed by atoms with Crippen LogP contribution in [0, 0.1) is 0 Å². The molecule has 0 bridgehead atoms. The summed E-state index contributed by atoms with van der Waals surface area (Å²) in [6.45, 7) is 4.95. The van der Waals surface area contributed by atoms with Gasteiger partial charge in [-0.3, -0.25) is 14.4 Å². The van der Waals surface area contributed by atoms with Crippen LogP contribution in [-0.2, 0) is 16.0 Å². The zero-order chi connectivity index (χ0) is 28.8. The standard InChI is InChI=1S/C30H30ClN5O4/c1-18(2)32-26(38)17-36(4)29-27(40-19(3)37)28(31)34-25(35-29)15-20-9-13-24(14-10-20)33-30(39)23-12-11-21-7-5-6-8-22(21)16-23/h5-14,16,18H,15,17H2,1-4H3,(H,32,38)(H,33,39). The van der Waals surface area contributed by atoms with Crippen molar-refractivity contribution < 1.29 is 19.1 Å². The number of likely N-dealkylation sites (N-methyl/N-ethyl adjacent to an activating group) is 1. The monoisotopic (exact) mass is 559 g/mol. The van der Waals surface area contributed by atoms with Crippen molar-refractivity contribution in [2.45, 2.75) is 33.2 Å². The molecular formula is C30H30ClN5O4. The van der Waals surface area contributed by atoms with E-state index in [0.29, 0.717) is 23.5 Å². The van der Waals surface area contributed by atoms with Crippen molar-refractivity contribution in [3.8, 4) is 5.75 Å². The van der Waals surface area contributed by atoms with Gasteiger partial charge in [-0.25, -0.2) is 9.97 Å². The molecule has 0 aliphatic rings. The second-order valence-electron chi connectivity index (χ2n) is 9.65. The highest BCUT2D eigenvalue weighted by Gasteiger charge is 2.22. The summed E-state index contributed by atoms with van der Waals surface area (Å²) >= 11 is 6.38. The number of benzene rings is 3. The van der Waals surface area contributed by atoms with Crippen molar-refractivity contribution in [1.29, 1.82) is 0 Å². The summed E-state index contributed by atoms with van der Waals surface area (Å²) in [7, 11) is 1.66. The highest BCUT2D eigenvalue weighted by atomic mass is 35.5. The normalized spacial score (nSPS) is 10.8. The van der Waals surface area contributed by atoms with Gasteiger partial charge in [0.25, 0.3) is 5.91 Å². The number of amides is 2. The number of ether oxygens (including phenoxy) is 1. The first-order chi connectivity index (χ1) is 19.1. The Balaban J connectivity index is 1.49. The van der Waals surface area contributed by atoms with Crippen molar-refractivity contribution >= 4 is 51.7 Å². The van der Waals surface area contributed by atoms with Crippen molar-refractivity contribution in [3.05, 3.63) is 88.8 Å². The fourth-order valence-corrected chi connectivity index (χ4v) is 4.32. The molecule has 206 valence electrons. The first-order valence-corrected chi connectivity index (χ1v) is 13.1. The van der Waals surface area contributed by atoms with Crippen molar-refractivity contribution in [3.63, 3.8) is 0 Å². The second-order valence-corrected chi connectivity index (χ2v) is 10.0. The summed E-state index contributed by atoms with van der Waals surface area (Å²) in [5.41, 5.74) is 2.08. The van der Waals surface area contributed by atoms with Crippen LogP contribution in [0.25, 0.3) is 10.8 Å². The predicted molar refractivity (Wildman–Crippen MR) is 156 cm³/mol. The predicted octanol–water partition coefficient (Wildman–Crippen LogP) is 5.01. The third-order valence-corrected chi connectivity index (χ3v) is 6.13. The van der Waals surface area contributed by atoms with Crippen molar-refractivity contribution in [2.75, 3.05) is 23.8 Å². The van der Waals surface area contributed by atoms with Crippen molar-refractivity contribution in [2.24, 2.45) is 0 Å². The lowest BCUT2D eigenvalue weighted by atomic mass is 10.1. The number of aromatic nitrogens is 2. The third kappa shape index (κ3) is 7.33. The van der Waals surface area contributed by atoms with Crippen LogP contribution in [0.4, 0.5) is 11.5 Å². The van der Waals surface area contributed by atoms with Crippen molar-refractivity contribution in [1.82, 2.24) is 15.3 Å². The van der Waals surface area contributed by atoms with Crippen LogP contribution in [-0.4, -0.2) is 47.4 Å². The molecule has 2 N–H and O–H groups in total. The highest BCUT2D eigenvalue weighted by Crippen LogP contribution is 2.33. The van der Waals surface area contributed by atoms with E-state index < -0.39 is 5.97 Å². The molecular weight excluding hydrogens is 530 g/mol. The van der Waals surface area contributed by atoms with Crippen LogP contribution in [0.2, 0.25) is 5.15 Å². The SMILES string of the molecule is CC(=O)Oc1c(Cl)nc(Cc2ccc(NC(=O)c3ccc4ccccc4c3)cc2)nc1N(C)CC(=O)NC(C)C. The molecule has 0 aliphatic heterocycles. The molecule has 9 nitrogen and oxygen atoms in total. The summed E-state index contributed by atoms with van der Waals surface area (Å²) in [6, 6.07) is 20.7. The fraction of sp³-hybridized carbons (Fsp3) is 0.233. The summed E-state index contributed by atoms with van der Waals surface area (Å²) in [6.07, 6.45) is 0.317. The largest absolute Gasteiger partial charge is 0.419 e. The van der Waals surface area contributed by atoms with Gasteiger partial charge in [-0.1, -0.05) is 54.1 Å². The molecule has 4 aromatic rings. The Morgan fingerprint density at radius 1 is 0.975 bits per heavy atom. The highest BCUT2D eigenvalue weighted by molar-refractivity contribution is 6.31. The van der Waals surface area contributed by atoms with E-state index in [1.54, 1.807) is 30.1 Å². The number of rotatable bonds is 9. The number of esters is 1. The van der Waals surface area contributed by atoms with Crippen LogP contribution >= 0.6 is 11.6 Å². The van der Waals surface area contributed by atoms with E-state index in [4.69, 9.17) is 16.3 Å². The molecule has 1 aromatic heterocycles. The van der Waals surface area contributed by atoms with Gasteiger partial charge in [-0.05, 0) is 54.4 Å². The average Bonchev–Trinajstić information content (AvgIpc) is 2.90. The lowest BCUT2D eigenvalue weighted by Gasteiger charge is -2.22. The van der Waals surface area contributed by atoms with Gasteiger partial charge in [0.15, 0.2) is 11.0 Å². The Bertz CT molecular complexity index is 1560. The number of nitrogens with one attached hydrogen (secondary N) is 2. The quantitative estimate of drug-likeness (QED) is 0.219. The molecule has 0 aliphatic carbocycles. The van der Waals surface area contributed by atoms with Gasteiger partial charge in [0, 0.05) is 37.7 Å². The van der Waals surface area contributed by atoms with E-state index >= 15 is 0 Å². The van der Waals surface area contributed by atoms with Crippen LogP contribution in [0.3, 0.4) is 0 Å². The van der Waals surface area contributed by atoms with Crippen LogP contribution in [0.1, 0.15) is 42.5 Å². The molecule has 0 fully saturated rings. The zero-order valence-electron chi connectivity index (χ0n) is 22.7. The Labute approximate surface area is 237 Å². The van der Waals surface area contributed by atoms with Gasteiger partial charge >= 0.3 is 5.97 Å². The molecule has 0 saturated heterocycles. The summed E-state index contributed by atoms with van der Waals surface area (Å²) < 4.78 is 5.27. The van der Waals surface area contributed by atoms with Gasteiger partial charge < -0.3 is 20.3 Å². The van der Waals surface area contributed by atoms with Crippen LogP contribution in [0.15, 0.2) is 66.7 Å². The minimum absolute atomic E-state index is 0.00971. The van der Waals surface area contributed by atoms with E-state index in [-0.39, 0.29) is 41.1 Å². The van der Waals surface area contributed by atoms with E-state index in [1.165, 1.54) is 6.92 Å².